The number of carbonyl (C=O) groups is 2. The van der Waals surface area contributed by atoms with E-state index in [-0.39, 0.29) is 12.4 Å². The van der Waals surface area contributed by atoms with E-state index in [4.69, 9.17) is 10.5 Å². The monoisotopic (exact) mass is 406 g/mol. The first-order chi connectivity index (χ1) is 13.8. The molecule has 4 rings (SSSR count). The first-order valence-electron chi connectivity index (χ1n) is 9.10. The first kappa shape index (κ1) is 19.0. The van der Waals surface area contributed by atoms with Crippen molar-refractivity contribution in [3.05, 3.63) is 24.4 Å². The van der Waals surface area contributed by atoms with Gasteiger partial charge >= 0.3 is 6.03 Å². The van der Waals surface area contributed by atoms with Crippen LogP contribution in [0.2, 0.25) is 0 Å². The molecule has 1 aromatic heterocycles. The Morgan fingerprint density at radius 3 is 2.97 bits per heavy atom. The van der Waals surface area contributed by atoms with Crippen LogP contribution in [0.1, 0.15) is 6.92 Å². The van der Waals surface area contributed by atoms with Gasteiger partial charge in [0.15, 0.2) is 5.82 Å². The van der Waals surface area contributed by atoms with Gasteiger partial charge in [0.2, 0.25) is 5.91 Å². The van der Waals surface area contributed by atoms with Crippen molar-refractivity contribution in [3.63, 3.8) is 0 Å². The molecule has 2 aliphatic rings. The van der Waals surface area contributed by atoms with Gasteiger partial charge in [-0.05, 0) is 19.1 Å². The second kappa shape index (κ2) is 7.22. The van der Waals surface area contributed by atoms with Gasteiger partial charge < -0.3 is 25.7 Å². The highest BCUT2D eigenvalue weighted by Gasteiger charge is 2.40. The third-order valence-electron chi connectivity index (χ3n) is 4.94. The third-order valence-corrected chi connectivity index (χ3v) is 4.94. The number of amides is 3. The largest absolute Gasteiger partial charge is 0.491 e. The maximum atomic E-state index is 13.3. The number of aromatic nitrogens is 2. The van der Waals surface area contributed by atoms with Crippen LogP contribution in [-0.4, -0.2) is 53.2 Å². The van der Waals surface area contributed by atoms with Crippen LogP contribution >= 0.6 is 0 Å². The molecule has 1 fully saturated rings. The van der Waals surface area contributed by atoms with E-state index in [0.717, 1.165) is 4.90 Å². The second-order valence-corrected chi connectivity index (χ2v) is 6.90. The Hall–Kier alpha value is -3.37. The molecule has 2 aromatic rings. The van der Waals surface area contributed by atoms with E-state index in [0.29, 0.717) is 36.0 Å². The molecule has 29 heavy (non-hydrogen) atoms. The van der Waals surface area contributed by atoms with E-state index >= 15 is 0 Å². The quantitative estimate of drug-likeness (QED) is 0.694. The predicted molar refractivity (Wildman–Crippen MR) is 101 cm³/mol. The summed E-state index contributed by atoms with van der Waals surface area (Å²) in [6.07, 6.45) is -1.11. The number of hydrogen-bond donors (Lipinski definition) is 3. The topological polar surface area (TPSA) is 115 Å². The fourth-order valence-corrected chi connectivity index (χ4v) is 3.39. The third kappa shape index (κ3) is 3.43. The highest BCUT2D eigenvalue weighted by Crippen LogP contribution is 2.36. The molecular weight excluding hydrogens is 386 g/mol. The molecule has 0 spiro atoms. The van der Waals surface area contributed by atoms with Crippen LogP contribution < -0.4 is 26.0 Å². The molecule has 0 radical (unpaired) electrons. The van der Waals surface area contributed by atoms with Gasteiger partial charge in [-0.2, -0.15) is 0 Å². The average Bonchev–Trinajstić information content (AvgIpc) is 3.21. The summed E-state index contributed by atoms with van der Waals surface area (Å²) in [6.45, 7) is 2.28. The molecule has 11 heteroatoms. The van der Waals surface area contributed by atoms with Crippen LogP contribution in [0.3, 0.4) is 0 Å². The zero-order valence-corrected chi connectivity index (χ0v) is 15.6. The molecular formula is C18H20F2N6O3. The summed E-state index contributed by atoms with van der Waals surface area (Å²) in [5.74, 6) is 0.713. The molecule has 9 nitrogen and oxygen atoms in total. The molecule has 2 aliphatic heterocycles. The van der Waals surface area contributed by atoms with Crippen LogP contribution in [-0.2, 0) is 11.3 Å². The Labute approximate surface area is 164 Å². The molecule has 3 heterocycles. The number of alkyl halides is 2. The number of halogens is 2. The minimum absolute atomic E-state index is 0.133. The molecule has 154 valence electrons. The Morgan fingerprint density at radius 1 is 1.45 bits per heavy atom. The number of nitrogens with two attached hydrogens (primary N) is 1. The van der Waals surface area contributed by atoms with Gasteiger partial charge in [-0.25, -0.2) is 18.6 Å². The lowest BCUT2D eigenvalue weighted by atomic mass is 10.1. The van der Waals surface area contributed by atoms with Gasteiger partial charge in [0.1, 0.15) is 30.3 Å². The lowest BCUT2D eigenvalue weighted by Crippen LogP contribution is -2.39. The number of nitrogens with one attached hydrogen (secondary N) is 2. The Balaban J connectivity index is 1.68. The van der Waals surface area contributed by atoms with Crippen molar-refractivity contribution in [1.29, 1.82) is 0 Å². The van der Waals surface area contributed by atoms with Gasteiger partial charge in [0.25, 0.3) is 6.43 Å². The summed E-state index contributed by atoms with van der Waals surface area (Å²) in [6, 6.07) is 2.81. The number of urea groups is 1. The molecule has 2 atom stereocenters. The first-order valence-corrected chi connectivity index (χ1v) is 9.10. The number of fused-ring (bicyclic) bond motifs is 3. The smallest absolute Gasteiger partial charge is 0.323 e. The maximum Gasteiger partial charge on any atom is 0.323 e. The van der Waals surface area contributed by atoms with E-state index in [2.05, 4.69) is 15.6 Å². The summed E-state index contributed by atoms with van der Waals surface area (Å²) < 4.78 is 34.2. The van der Waals surface area contributed by atoms with Crippen molar-refractivity contribution in [2.24, 2.45) is 5.73 Å². The number of nitrogens with zero attached hydrogens (tertiary/aromatic N) is 3. The molecule has 3 amide bonds. The SMILES string of the molecule is C[C@H](Nc1ccc2c(c1)OCCn1cc(N3C(=O)NC[C@H]3C(F)F)nc1-2)C(N)=O. The minimum Gasteiger partial charge on any atom is -0.491 e. The van der Waals surface area contributed by atoms with Crippen molar-refractivity contribution < 1.29 is 23.1 Å². The molecule has 1 saturated heterocycles. The summed E-state index contributed by atoms with van der Waals surface area (Å²) in [5.41, 5.74) is 6.58. The van der Waals surface area contributed by atoms with Crippen LogP contribution in [0.5, 0.6) is 5.75 Å². The fraction of sp³-hybridized carbons (Fsp3) is 0.389. The maximum absolute atomic E-state index is 13.3. The van der Waals surface area contributed by atoms with Crippen LogP contribution in [0, 0.1) is 0 Å². The molecule has 0 bridgehead atoms. The standard InChI is InChI=1S/C18H20F2N6O3/c1-9(16(21)27)23-10-2-3-11-13(6-10)29-5-4-25-8-14(24-17(11)25)26-12(15(19)20)7-22-18(26)28/h2-3,6,8-9,12,15,23H,4-5,7H2,1H3,(H2,21,27)(H,22,28)/t9-,12-/m0/s1. The number of hydrogen-bond acceptors (Lipinski definition) is 5. The van der Waals surface area contributed by atoms with Gasteiger partial charge in [0.05, 0.1) is 12.1 Å². The summed E-state index contributed by atoms with van der Waals surface area (Å²) >= 11 is 0. The van der Waals surface area contributed by atoms with Crippen molar-refractivity contribution in [2.75, 3.05) is 23.4 Å². The normalized spacial score (nSPS) is 19.1. The van der Waals surface area contributed by atoms with Gasteiger partial charge in [-0.15, -0.1) is 0 Å². The number of rotatable bonds is 5. The van der Waals surface area contributed by atoms with E-state index in [9.17, 15) is 18.4 Å². The predicted octanol–water partition coefficient (Wildman–Crippen LogP) is 1.39. The molecule has 4 N–H and O–H groups in total. The number of carbonyl (C=O) groups excluding carboxylic acids is 2. The van der Waals surface area contributed by atoms with Gasteiger partial charge in [-0.1, -0.05) is 0 Å². The van der Waals surface area contributed by atoms with E-state index in [1.807, 2.05) is 0 Å². The lowest BCUT2D eigenvalue weighted by Gasteiger charge is -2.19. The van der Waals surface area contributed by atoms with Crippen LogP contribution in [0.25, 0.3) is 11.4 Å². The fourth-order valence-electron chi connectivity index (χ4n) is 3.39. The number of primary amides is 1. The Kier molecular flexibility index (Phi) is 4.73. The van der Waals surface area contributed by atoms with Crippen molar-refractivity contribution >= 4 is 23.4 Å². The van der Waals surface area contributed by atoms with Gasteiger partial charge in [0, 0.05) is 24.5 Å². The number of ether oxygens (including phenoxy) is 1. The van der Waals surface area contributed by atoms with Crippen LogP contribution in [0.4, 0.5) is 25.1 Å². The Bertz CT molecular complexity index is 963. The highest BCUT2D eigenvalue weighted by molar-refractivity contribution is 5.94. The van der Waals surface area contributed by atoms with Crippen molar-refractivity contribution in [2.45, 2.75) is 32.0 Å². The summed E-state index contributed by atoms with van der Waals surface area (Å²) in [5, 5.41) is 5.42. The summed E-state index contributed by atoms with van der Waals surface area (Å²) in [4.78, 5) is 28.8. The number of anilines is 2. The zero-order valence-electron chi connectivity index (χ0n) is 15.6. The van der Waals surface area contributed by atoms with E-state index < -0.39 is 30.4 Å². The van der Waals surface area contributed by atoms with Crippen molar-refractivity contribution in [3.8, 4) is 17.1 Å². The molecule has 0 saturated carbocycles. The number of benzene rings is 1. The molecule has 0 unspecified atom stereocenters. The average molecular weight is 406 g/mol. The minimum atomic E-state index is -2.69. The Morgan fingerprint density at radius 2 is 2.24 bits per heavy atom. The number of imidazole rings is 1. The molecule has 0 aliphatic carbocycles. The lowest BCUT2D eigenvalue weighted by molar-refractivity contribution is -0.118. The van der Waals surface area contributed by atoms with E-state index in [1.165, 1.54) is 0 Å². The molecule has 1 aromatic carbocycles. The zero-order chi connectivity index (χ0) is 20.7. The van der Waals surface area contributed by atoms with E-state index in [1.54, 1.807) is 35.9 Å². The summed E-state index contributed by atoms with van der Waals surface area (Å²) in [7, 11) is 0. The second-order valence-electron chi connectivity index (χ2n) is 6.90. The van der Waals surface area contributed by atoms with Crippen molar-refractivity contribution in [1.82, 2.24) is 14.9 Å². The van der Waals surface area contributed by atoms with Gasteiger partial charge in [-0.3, -0.25) is 9.69 Å². The van der Waals surface area contributed by atoms with Crippen LogP contribution in [0.15, 0.2) is 24.4 Å². The highest BCUT2D eigenvalue weighted by atomic mass is 19.3.